The minimum Gasteiger partial charge on any atom is -0.355 e. The summed E-state index contributed by atoms with van der Waals surface area (Å²) in [5.74, 6) is -0.254. The van der Waals surface area contributed by atoms with Gasteiger partial charge in [0.2, 0.25) is 11.8 Å². The first-order valence-corrected chi connectivity index (χ1v) is 6.98. The quantitative estimate of drug-likeness (QED) is 0.861. The Bertz CT molecular complexity index is 456. The molecule has 0 aliphatic carbocycles. The molecule has 2 N–H and O–H groups in total. The van der Waals surface area contributed by atoms with E-state index in [4.69, 9.17) is 0 Å². The number of amides is 2. The molecule has 2 rings (SSSR count). The van der Waals surface area contributed by atoms with Gasteiger partial charge in [-0.05, 0) is 26.0 Å². The van der Waals surface area contributed by atoms with E-state index in [1.165, 1.54) is 9.75 Å². The highest BCUT2D eigenvalue weighted by Crippen LogP contribution is 2.17. The van der Waals surface area contributed by atoms with Crippen molar-refractivity contribution in [2.24, 2.45) is 5.92 Å². The number of nitrogens with one attached hydrogen (secondary N) is 2. The van der Waals surface area contributed by atoms with Crippen molar-refractivity contribution in [3.63, 3.8) is 0 Å². The second-order valence-electron chi connectivity index (χ2n) is 4.83. The maximum Gasteiger partial charge on any atom is 0.225 e. The second kappa shape index (κ2) is 5.52. The van der Waals surface area contributed by atoms with Gasteiger partial charge in [-0.1, -0.05) is 0 Å². The molecule has 0 spiro atoms. The summed E-state index contributed by atoms with van der Waals surface area (Å²) in [5.41, 5.74) is 0. The first kappa shape index (κ1) is 13.1. The lowest BCUT2D eigenvalue weighted by Gasteiger charge is -2.15. The Hall–Kier alpha value is -1.36. The Morgan fingerprint density at radius 2 is 2.39 bits per heavy atom. The number of rotatable bonds is 4. The minimum atomic E-state index is -0.204. The molecule has 2 atom stereocenters. The number of aryl methyl sites for hydroxylation is 1. The lowest BCUT2D eigenvalue weighted by molar-refractivity contribution is -0.127. The van der Waals surface area contributed by atoms with Crippen molar-refractivity contribution in [3.05, 3.63) is 21.9 Å². The van der Waals surface area contributed by atoms with E-state index in [1.807, 2.05) is 6.92 Å². The average Bonchev–Trinajstić information content (AvgIpc) is 2.87. The highest BCUT2D eigenvalue weighted by atomic mass is 32.1. The summed E-state index contributed by atoms with van der Waals surface area (Å²) < 4.78 is 0. The molecule has 1 aliphatic heterocycles. The van der Waals surface area contributed by atoms with E-state index in [9.17, 15) is 9.59 Å². The molecule has 1 aliphatic rings. The summed E-state index contributed by atoms with van der Waals surface area (Å²) in [6.45, 7) is 4.54. The van der Waals surface area contributed by atoms with Crippen molar-refractivity contribution in [1.82, 2.24) is 10.6 Å². The number of carbonyl (C=O) groups is 2. The van der Waals surface area contributed by atoms with Gasteiger partial charge in [0.15, 0.2) is 0 Å². The van der Waals surface area contributed by atoms with Crippen molar-refractivity contribution in [3.8, 4) is 0 Å². The average molecular weight is 266 g/mol. The van der Waals surface area contributed by atoms with Crippen molar-refractivity contribution < 1.29 is 9.59 Å². The highest BCUT2D eigenvalue weighted by Gasteiger charge is 2.28. The van der Waals surface area contributed by atoms with Crippen LogP contribution in [-0.2, 0) is 16.0 Å². The Morgan fingerprint density at radius 1 is 1.61 bits per heavy atom. The smallest absolute Gasteiger partial charge is 0.225 e. The Balaban J connectivity index is 1.82. The number of hydrogen-bond acceptors (Lipinski definition) is 3. The summed E-state index contributed by atoms with van der Waals surface area (Å²) in [6.07, 6.45) is 1.16. The molecule has 1 saturated heterocycles. The van der Waals surface area contributed by atoms with E-state index in [2.05, 4.69) is 29.7 Å². The first-order valence-electron chi connectivity index (χ1n) is 6.17. The molecule has 2 heterocycles. The third-order valence-electron chi connectivity index (χ3n) is 3.04. The van der Waals surface area contributed by atoms with Gasteiger partial charge in [0.1, 0.15) is 0 Å². The minimum absolute atomic E-state index is 0.0193. The molecule has 2 amide bonds. The van der Waals surface area contributed by atoms with E-state index in [0.717, 1.165) is 6.42 Å². The number of carbonyl (C=O) groups excluding carboxylic acids is 2. The second-order valence-corrected chi connectivity index (χ2v) is 6.20. The monoisotopic (exact) mass is 266 g/mol. The van der Waals surface area contributed by atoms with Crippen LogP contribution in [0.4, 0.5) is 0 Å². The SMILES string of the molecule is Cc1ccc(CC(C)NC(=O)C2CNC(=O)C2)s1. The van der Waals surface area contributed by atoms with Gasteiger partial charge in [-0.3, -0.25) is 9.59 Å². The maximum atomic E-state index is 11.9. The highest BCUT2D eigenvalue weighted by molar-refractivity contribution is 7.11. The molecule has 0 radical (unpaired) electrons. The number of thiophene rings is 1. The van der Waals surface area contributed by atoms with Crippen molar-refractivity contribution in [2.45, 2.75) is 32.7 Å². The van der Waals surface area contributed by atoms with Crippen molar-refractivity contribution in [1.29, 1.82) is 0 Å². The standard InChI is InChI=1S/C13H18N2O2S/c1-8(5-11-4-3-9(2)18-11)15-13(17)10-6-12(16)14-7-10/h3-4,8,10H,5-7H2,1-2H3,(H,14,16)(H,15,17). The molecule has 0 bridgehead atoms. The zero-order valence-corrected chi connectivity index (χ0v) is 11.5. The maximum absolute atomic E-state index is 11.9. The topological polar surface area (TPSA) is 58.2 Å². The lowest BCUT2D eigenvalue weighted by atomic mass is 10.1. The van der Waals surface area contributed by atoms with E-state index >= 15 is 0 Å². The van der Waals surface area contributed by atoms with Gasteiger partial charge in [-0.25, -0.2) is 0 Å². The molecule has 1 aromatic heterocycles. The first-order chi connectivity index (χ1) is 8.54. The zero-order valence-electron chi connectivity index (χ0n) is 10.7. The van der Waals surface area contributed by atoms with Crippen LogP contribution in [0, 0.1) is 12.8 Å². The lowest BCUT2D eigenvalue weighted by Crippen LogP contribution is -2.38. The molecule has 4 nitrogen and oxygen atoms in total. The largest absolute Gasteiger partial charge is 0.355 e. The third kappa shape index (κ3) is 3.32. The van der Waals surface area contributed by atoms with Crippen molar-refractivity contribution >= 4 is 23.2 Å². The fraction of sp³-hybridized carbons (Fsp3) is 0.538. The predicted octanol–water partition coefficient (Wildman–Crippen LogP) is 1.24. The summed E-state index contributed by atoms with van der Waals surface area (Å²) in [5, 5.41) is 5.65. The Kier molecular flexibility index (Phi) is 4.01. The summed E-state index contributed by atoms with van der Waals surface area (Å²) in [7, 11) is 0. The molecule has 18 heavy (non-hydrogen) atoms. The molecule has 98 valence electrons. The predicted molar refractivity (Wildman–Crippen MR) is 71.5 cm³/mol. The third-order valence-corrected chi connectivity index (χ3v) is 4.06. The molecule has 0 saturated carbocycles. The van der Waals surface area contributed by atoms with Crippen LogP contribution in [0.15, 0.2) is 12.1 Å². The molecule has 0 aromatic carbocycles. The fourth-order valence-corrected chi connectivity index (χ4v) is 3.12. The zero-order chi connectivity index (χ0) is 13.1. The fourth-order valence-electron chi connectivity index (χ4n) is 2.10. The van der Waals surface area contributed by atoms with Crippen LogP contribution in [0.3, 0.4) is 0 Å². The van der Waals surface area contributed by atoms with E-state index in [1.54, 1.807) is 11.3 Å². The molecule has 1 fully saturated rings. The summed E-state index contributed by atoms with van der Waals surface area (Å²) >= 11 is 1.76. The Morgan fingerprint density at radius 3 is 2.94 bits per heavy atom. The van der Waals surface area contributed by atoms with Gasteiger partial charge >= 0.3 is 0 Å². The van der Waals surface area contributed by atoms with E-state index in [0.29, 0.717) is 13.0 Å². The van der Waals surface area contributed by atoms with Crippen LogP contribution in [0.1, 0.15) is 23.1 Å². The molecular formula is C13H18N2O2S. The summed E-state index contributed by atoms with van der Waals surface area (Å²) in [6, 6.07) is 4.29. The van der Waals surface area contributed by atoms with Crippen molar-refractivity contribution in [2.75, 3.05) is 6.54 Å². The van der Waals surface area contributed by atoms with Crippen LogP contribution in [0.25, 0.3) is 0 Å². The van der Waals surface area contributed by atoms with Gasteiger partial charge < -0.3 is 10.6 Å². The van der Waals surface area contributed by atoms with E-state index < -0.39 is 0 Å². The van der Waals surface area contributed by atoms with Gasteiger partial charge in [0.25, 0.3) is 0 Å². The molecule has 5 heteroatoms. The van der Waals surface area contributed by atoms with Crippen LogP contribution < -0.4 is 10.6 Å². The van der Waals surface area contributed by atoms with Gasteiger partial charge in [0.05, 0.1) is 5.92 Å². The van der Waals surface area contributed by atoms with Crippen LogP contribution >= 0.6 is 11.3 Å². The van der Waals surface area contributed by atoms with Gasteiger partial charge in [0, 0.05) is 35.2 Å². The van der Waals surface area contributed by atoms with Gasteiger partial charge in [-0.2, -0.15) is 0 Å². The van der Waals surface area contributed by atoms with Gasteiger partial charge in [-0.15, -0.1) is 11.3 Å². The van der Waals surface area contributed by atoms with Crippen LogP contribution in [0.2, 0.25) is 0 Å². The Labute approximate surface area is 111 Å². The molecule has 2 unspecified atom stereocenters. The van der Waals surface area contributed by atoms with E-state index in [-0.39, 0.29) is 23.8 Å². The van der Waals surface area contributed by atoms with Crippen LogP contribution in [0.5, 0.6) is 0 Å². The summed E-state index contributed by atoms with van der Waals surface area (Å²) in [4.78, 5) is 25.5. The molecule has 1 aromatic rings. The normalized spacial score (nSPS) is 20.6. The number of hydrogen-bond donors (Lipinski definition) is 2. The van der Waals surface area contributed by atoms with Crippen LogP contribution in [-0.4, -0.2) is 24.4 Å². The molecular weight excluding hydrogens is 248 g/mol.